The lowest BCUT2D eigenvalue weighted by Crippen LogP contribution is -2.30. The van der Waals surface area contributed by atoms with Crippen molar-refractivity contribution in [3.63, 3.8) is 0 Å². The molecule has 2 aromatic rings. The lowest BCUT2D eigenvalue weighted by atomic mass is 9.99. The van der Waals surface area contributed by atoms with Gasteiger partial charge in [0.2, 0.25) is 0 Å². The number of aldehydes is 1. The van der Waals surface area contributed by atoms with Crippen LogP contribution < -0.4 is 16.6 Å². The molecule has 0 spiro atoms. The number of nitrogen functional groups attached to an aromatic ring is 1. The Hall–Kier alpha value is -2.66. The minimum atomic E-state index is -0.488. The lowest BCUT2D eigenvalue weighted by molar-refractivity contribution is 0.0948. The summed E-state index contributed by atoms with van der Waals surface area (Å²) in [6, 6.07) is 8.99. The van der Waals surface area contributed by atoms with E-state index in [1.807, 2.05) is 23.6 Å². The highest BCUT2D eigenvalue weighted by Crippen LogP contribution is 2.24. The highest BCUT2D eigenvalue weighted by Gasteiger charge is 2.13. The Kier molecular flexibility index (Phi) is 4.12. The third-order valence-electron chi connectivity index (χ3n) is 3.01. The number of nitrogens with two attached hydrogens (primary N) is 1. The summed E-state index contributed by atoms with van der Waals surface area (Å²) >= 11 is 0. The number of amides is 1. The highest BCUT2D eigenvalue weighted by molar-refractivity contribution is 6.10. The first-order valence-corrected chi connectivity index (χ1v) is 6.09. The summed E-state index contributed by atoms with van der Waals surface area (Å²) in [6.07, 6.45) is 2.41. The molecule has 5 heteroatoms. The van der Waals surface area contributed by atoms with E-state index in [4.69, 9.17) is 5.84 Å². The fraction of sp³-hybridized carbons (Fsp3) is 0.0667. The quantitative estimate of drug-likeness (QED) is 0.254. The first-order chi connectivity index (χ1) is 9.71. The Balaban J connectivity index is 2.61. The van der Waals surface area contributed by atoms with E-state index >= 15 is 0 Å². The second-order valence-electron chi connectivity index (χ2n) is 4.22. The molecule has 0 aliphatic heterocycles. The fourth-order valence-electron chi connectivity index (χ4n) is 2.05. The second kappa shape index (κ2) is 5.99. The van der Waals surface area contributed by atoms with E-state index in [-0.39, 0.29) is 5.56 Å². The average molecular weight is 269 g/mol. The molecule has 2 aromatic carbocycles. The molecule has 4 N–H and O–H groups in total. The van der Waals surface area contributed by atoms with Gasteiger partial charge in [-0.3, -0.25) is 15.0 Å². The topological polar surface area (TPSA) is 84.2 Å². The molecule has 102 valence electrons. The van der Waals surface area contributed by atoms with Crippen LogP contribution >= 0.6 is 0 Å². The number of hydrogen-bond acceptors (Lipinski definition) is 4. The molecule has 0 radical (unpaired) electrons. The van der Waals surface area contributed by atoms with E-state index in [0.29, 0.717) is 23.8 Å². The third-order valence-corrected chi connectivity index (χ3v) is 3.01. The number of hydrogen-bond donors (Lipinski definition) is 3. The van der Waals surface area contributed by atoms with Crippen molar-refractivity contribution in [1.29, 1.82) is 0 Å². The van der Waals surface area contributed by atoms with Crippen molar-refractivity contribution in [2.24, 2.45) is 5.84 Å². The van der Waals surface area contributed by atoms with Gasteiger partial charge in [-0.2, -0.15) is 0 Å². The first kappa shape index (κ1) is 13.8. The SMILES string of the molecule is C=CCNc1ccc2ccc(C(=O)NN)c(C=O)c2c1. The number of rotatable bonds is 5. The van der Waals surface area contributed by atoms with E-state index in [9.17, 15) is 9.59 Å². The van der Waals surface area contributed by atoms with Crippen LogP contribution in [0.25, 0.3) is 10.8 Å². The molecular weight excluding hydrogens is 254 g/mol. The number of nitrogens with one attached hydrogen (secondary N) is 2. The molecule has 0 unspecified atom stereocenters. The van der Waals surface area contributed by atoms with Gasteiger partial charge in [0.15, 0.2) is 6.29 Å². The van der Waals surface area contributed by atoms with E-state index in [1.54, 1.807) is 18.2 Å². The summed E-state index contributed by atoms with van der Waals surface area (Å²) in [5.74, 6) is 4.64. The molecule has 0 fully saturated rings. The molecule has 5 nitrogen and oxygen atoms in total. The van der Waals surface area contributed by atoms with Crippen molar-refractivity contribution in [3.8, 4) is 0 Å². The van der Waals surface area contributed by atoms with Crippen LogP contribution in [0.2, 0.25) is 0 Å². The molecule has 0 aliphatic carbocycles. The summed E-state index contributed by atoms with van der Waals surface area (Å²) < 4.78 is 0. The zero-order chi connectivity index (χ0) is 14.5. The van der Waals surface area contributed by atoms with Gasteiger partial charge < -0.3 is 5.32 Å². The number of anilines is 1. The Morgan fingerprint density at radius 3 is 2.70 bits per heavy atom. The summed E-state index contributed by atoms with van der Waals surface area (Å²) in [4.78, 5) is 23.0. The normalized spacial score (nSPS) is 10.1. The number of benzene rings is 2. The Labute approximate surface area is 116 Å². The lowest BCUT2D eigenvalue weighted by Gasteiger charge is -2.10. The van der Waals surface area contributed by atoms with Gasteiger partial charge in [-0.1, -0.05) is 18.2 Å². The highest BCUT2D eigenvalue weighted by atomic mass is 16.2. The Morgan fingerprint density at radius 1 is 1.30 bits per heavy atom. The standard InChI is InChI=1S/C15H15N3O2/c1-2-7-17-11-5-3-10-4-6-12(15(20)18-16)14(9-19)13(10)8-11/h2-6,8-9,17H,1,7,16H2,(H,18,20). The zero-order valence-corrected chi connectivity index (χ0v) is 10.8. The van der Waals surface area contributed by atoms with Gasteiger partial charge in [-0.05, 0) is 29.0 Å². The maximum Gasteiger partial charge on any atom is 0.265 e. The van der Waals surface area contributed by atoms with Gasteiger partial charge in [-0.15, -0.1) is 6.58 Å². The number of fused-ring (bicyclic) bond motifs is 1. The molecule has 0 aliphatic rings. The van der Waals surface area contributed by atoms with Gasteiger partial charge in [0, 0.05) is 17.8 Å². The van der Waals surface area contributed by atoms with E-state index < -0.39 is 5.91 Å². The van der Waals surface area contributed by atoms with E-state index in [2.05, 4.69) is 11.9 Å². The predicted molar refractivity (Wildman–Crippen MR) is 79.7 cm³/mol. The smallest absolute Gasteiger partial charge is 0.265 e. The predicted octanol–water partition coefficient (Wildman–Crippen LogP) is 1.85. The van der Waals surface area contributed by atoms with Gasteiger partial charge >= 0.3 is 0 Å². The number of carbonyl (C=O) groups excluding carboxylic acids is 2. The summed E-state index contributed by atoms with van der Waals surface area (Å²) in [7, 11) is 0. The van der Waals surface area contributed by atoms with Gasteiger partial charge in [0.1, 0.15) is 0 Å². The van der Waals surface area contributed by atoms with Crippen molar-refractivity contribution in [1.82, 2.24) is 5.43 Å². The largest absolute Gasteiger partial charge is 0.382 e. The molecule has 1 amide bonds. The number of hydrazine groups is 1. The van der Waals surface area contributed by atoms with Crippen LogP contribution in [0.5, 0.6) is 0 Å². The van der Waals surface area contributed by atoms with Crippen LogP contribution in [0.4, 0.5) is 5.69 Å². The van der Waals surface area contributed by atoms with E-state index in [1.165, 1.54) is 0 Å². The van der Waals surface area contributed by atoms with Crippen molar-refractivity contribution < 1.29 is 9.59 Å². The van der Waals surface area contributed by atoms with Gasteiger partial charge in [-0.25, -0.2) is 5.84 Å². The molecule has 0 bridgehead atoms. The monoisotopic (exact) mass is 269 g/mol. The van der Waals surface area contributed by atoms with Crippen molar-refractivity contribution in [2.45, 2.75) is 0 Å². The summed E-state index contributed by atoms with van der Waals surface area (Å²) in [5, 5.41) is 4.72. The minimum Gasteiger partial charge on any atom is -0.382 e. The van der Waals surface area contributed by atoms with Crippen LogP contribution in [0.15, 0.2) is 43.0 Å². The van der Waals surface area contributed by atoms with Crippen LogP contribution in [-0.4, -0.2) is 18.7 Å². The molecule has 0 aromatic heterocycles. The van der Waals surface area contributed by atoms with Crippen LogP contribution in [0.1, 0.15) is 20.7 Å². The average Bonchev–Trinajstić information content (AvgIpc) is 2.50. The fourth-order valence-corrected chi connectivity index (χ4v) is 2.05. The minimum absolute atomic E-state index is 0.260. The van der Waals surface area contributed by atoms with Crippen LogP contribution in [0, 0.1) is 0 Å². The summed E-state index contributed by atoms with van der Waals surface area (Å²) in [5.41, 5.74) is 3.48. The van der Waals surface area contributed by atoms with Crippen molar-refractivity contribution in [3.05, 3.63) is 54.1 Å². The molecular formula is C15H15N3O2. The van der Waals surface area contributed by atoms with Crippen molar-refractivity contribution >= 4 is 28.7 Å². The van der Waals surface area contributed by atoms with Crippen LogP contribution in [-0.2, 0) is 0 Å². The maximum absolute atomic E-state index is 11.7. The molecule has 2 rings (SSSR count). The van der Waals surface area contributed by atoms with Crippen LogP contribution in [0.3, 0.4) is 0 Å². The molecule has 0 atom stereocenters. The maximum atomic E-state index is 11.7. The molecule has 0 saturated heterocycles. The molecule has 0 saturated carbocycles. The molecule has 0 heterocycles. The Bertz CT molecular complexity index is 680. The summed E-state index contributed by atoms with van der Waals surface area (Å²) in [6.45, 7) is 4.25. The third kappa shape index (κ3) is 2.53. The number of carbonyl (C=O) groups is 2. The Morgan fingerprint density at radius 2 is 2.05 bits per heavy atom. The molecule has 20 heavy (non-hydrogen) atoms. The zero-order valence-electron chi connectivity index (χ0n) is 10.8. The second-order valence-corrected chi connectivity index (χ2v) is 4.22. The van der Waals surface area contributed by atoms with E-state index in [0.717, 1.165) is 11.1 Å². The van der Waals surface area contributed by atoms with Crippen molar-refractivity contribution in [2.75, 3.05) is 11.9 Å². The van der Waals surface area contributed by atoms with Gasteiger partial charge in [0.05, 0.1) is 5.56 Å². The first-order valence-electron chi connectivity index (χ1n) is 6.09. The van der Waals surface area contributed by atoms with Gasteiger partial charge in [0.25, 0.3) is 5.91 Å².